The number of fused-ring (bicyclic) bond motifs is 3. The smallest absolute Gasteiger partial charge is 0.372 e. The van der Waals surface area contributed by atoms with Gasteiger partial charge in [-0.15, -0.1) is 0 Å². The van der Waals surface area contributed by atoms with Crippen LogP contribution in [0.4, 0.5) is 4.39 Å². The number of aryl methyl sites for hydroxylation is 1. The normalized spacial score (nSPS) is 12.4. The first kappa shape index (κ1) is 16.8. The van der Waals surface area contributed by atoms with E-state index in [9.17, 15) is 14.3 Å². The summed E-state index contributed by atoms with van der Waals surface area (Å²) in [5.74, 6) is -0.737. The molecule has 5 nitrogen and oxygen atoms in total. The number of aromatic nitrogens is 2. The van der Waals surface area contributed by atoms with Crippen LogP contribution in [-0.2, 0) is 13.0 Å². The van der Waals surface area contributed by atoms with Gasteiger partial charge >= 0.3 is 5.97 Å². The fourth-order valence-electron chi connectivity index (χ4n) is 3.33. The van der Waals surface area contributed by atoms with Crippen molar-refractivity contribution in [1.29, 1.82) is 0 Å². The number of nitrogens with zero attached hydrogens (tertiary/aromatic N) is 2. The van der Waals surface area contributed by atoms with Gasteiger partial charge in [0.15, 0.2) is 0 Å². The Balaban J connectivity index is 2.00. The Morgan fingerprint density at radius 1 is 1.31 bits per heavy atom. The number of imidazole rings is 1. The standard InChI is InChI=1S/C19H14BrFN2O3/c1-26-15-8-11-6-7-23-17(13(11)9-14(15)20)16(22-18(23)19(24)25)10-2-4-12(21)5-3-10/h2-5,8-9H,6-7H2,1H3,(H,24,25). The van der Waals surface area contributed by atoms with Crippen LogP contribution in [-0.4, -0.2) is 27.7 Å². The number of benzene rings is 2. The molecular formula is C19H14BrFN2O3. The number of aromatic carboxylic acids is 1. The van der Waals surface area contributed by atoms with Crippen LogP contribution in [0.5, 0.6) is 5.75 Å². The van der Waals surface area contributed by atoms with Crippen molar-refractivity contribution in [2.45, 2.75) is 13.0 Å². The van der Waals surface area contributed by atoms with Gasteiger partial charge in [0.2, 0.25) is 5.82 Å². The summed E-state index contributed by atoms with van der Waals surface area (Å²) in [7, 11) is 1.60. The van der Waals surface area contributed by atoms with Crippen LogP contribution in [0.15, 0.2) is 40.9 Å². The van der Waals surface area contributed by atoms with Gasteiger partial charge < -0.3 is 14.4 Å². The summed E-state index contributed by atoms with van der Waals surface area (Å²) >= 11 is 3.49. The maximum atomic E-state index is 13.3. The topological polar surface area (TPSA) is 64.3 Å². The van der Waals surface area contributed by atoms with Crippen molar-refractivity contribution in [3.63, 3.8) is 0 Å². The molecule has 1 aromatic heterocycles. The molecule has 1 aliphatic rings. The molecule has 0 saturated carbocycles. The number of hydrogen-bond donors (Lipinski definition) is 1. The fraction of sp³-hybridized carbons (Fsp3) is 0.158. The maximum Gasteiger partial charge on any atom is 0.372 e. The van der Waals surface area contributed by atoms with Crippen LogP contribution < -0.4 is 4.74 Å². The van der Waals surface area contributed by atoms with E-state index in [1.165, 1.54) is 12.1 Å². The second kappa shape index (κ2) is 6.25. The lowest BCUT2D eigenvalue weighted by Gasteiger charge is -2.22. The van der Waals surface area contributed by atoms with E-state index in [0.29, 0.717) is 24.2 Å². The van der Waals surface area contributed by atoms with Crippen LogP contribution >= 0.6 is 15.9 Å². The molecule has 0 fully saturated rings. The minimum Gasteiger partial charge on any atom is -0.496 e. The van der Waals surface area contributed by atoms with Gasteiger partial charge in [-0.3, -0.25) is 0 Å². The van der Waals surface area contributed by atoms with Gasteiger partial charge in [-0.05, 0) is 64.3 Å². The first-order valence-electron chi connectivity index (χ1n) is 7.96. The second-order valence-corrected chi connectivity index (χ2v) is 6.84. The Hall–Kier alpha value is -2.67. The summed E-state index contributed by atoms with van der Waals surface area (Å²) in [5.41, 5.74) is 3.86. The number of carboxylic acid groups (broad SMARTS) is 1. The number of hydrogen-bond acceptors (Lipinski definition) is 3. The van der Waals surface area contributed by atoms with Crippen LogP contribution in [0.3, 0.4) is 0 Å². The number of halogens is 2. The van der Waals surface area contributed by atoms with Crippen molar-refractivity contribution in [1.82, 2.24) is 9.55 Å². The van der Waals surface area contributed by atoms with Crippen molar-refractivity contribution < 1.29 is 19.0 Å². The highest BCUT2D eigenvalue weighted by atomic mass is 79.9. The van der Waals surface area contributed by atoms with Crippen LogP contribution in [0.2, 0.25) is 0 Å². The zero-order valence-electron chi connectivity index (χ0n) is 13.8. The van der Waals surface area contributed by atoms with Crippen molar-refractivity contribution in [2.24, 2.45) is 0 Å². The highest BCUT2D eigenvalue weighted by Crippen LogP contribution is 2.42. The van der Waals surface area contributed by atoms with E-state index in [1.807, 2.05) is 12.1 Å². The molecule has 1 N–H and O–H groups in total. The van der Waals surface area contributed by atoms with Gasteiger partial charge in [0, 0.05) is 17.7 Å². The number of carboxylic acids is 1. The fourth-order valence-corrected chi connectivity index (χ4v) is 3.83. The molecule has 4 rings (SSSR count). The van der Waals surface area contributed by atoms with E-state index in [1.54, 1.807) is 23.8 Å². The predicted molar refractivity (Wildman–Crippen MR) is 98.0 cm³/mol. The molecule has 0 unspecified atom stereocenters. The molecule has 2 heterocycles. The van der Waals surface area contributed by atoms with E-state index >= 15 is 0 Å². The first-order valence-corrected chi connectivity index (χ1v) is 8.75. The Kier molecular flexibility index (Phi) is 4.03. The zero-order chi connectivity index (χ0) is 18.4. The van der Waals surface area contributed by atoms with Gasteiger partial charge in [0.05, 0.1) is 23.0 Å². The van der Waals surface area contributed by atoms with Crippen LogP contribution in [0, 0.1) is 5.82 Å². The average molecular weight is 417 g/mol. The molecule has 3 aromatic rings. The summed E-state index contributed by atoms with van der Waals surface area (Å²) in [4.78, 5) is 16.0. The summed E-state index contributed by atoms with van der Waals surface area (Å²) in [6.07, 6.45) is 0.672. The molecule has 0 radical (unpaired) electrons. The van der Waals surface area contributed by atoms with Gasteiger partial charge in [-0.25, -0.2) is 14.2 Å². The summed E-state index contributed by atoms with van der Waals surface area (Å²) in [6.45, 7) is 0.503. The molecule has 0 bridgehead atoms. The van der Waals surface area contributed by atoms with Gasteiger partial charge in [-0.2, -0.15) is 0 Å². The lowest BCUT2D eigenvalue weighted by Crippen LogP contribution is -2.16. The number of methoxy groups -OCH3 is 1. The van der Waals surface area contributed by atoms with Crippen molar-refractivity contribution in [3.8, 4) is 28.3 Å². The summed E-state index contributed by atoms with van der Waals surface area (Å²) in [5, 5.41) is 9.56. The Morgan fingerprint density at radius 2 is 2.04 bits per heavy atom. The Bertz CT molecular complexity index is 1030. The maximum absolute atomic E-state index is 13.3. The molecule has 0 saturated heterocycles. The Labute approximate surface area is 157 Å². The Morgan fingerprint density at radius 3 is 2.69 bits per heavy atom. The van der Waals surface area contributed by atoms with Crippen molar-refractivity contribution in [3.05, 3.63) is 58.1 Å². The number of carbonyl (C=O) groups is 1. The SMILES string of the molecule is COc1cc2c(cc1Br)-c1c(-c3ccc(F)cc3)nc(C(=O)O)n1CC2. The van der Waals surface area contributed by atoms with Gasteiger partial charge in [-0.1, -0.05) is 0 Å². The summed E-state index contributed by atoms with van der Waals surface area (Å²) < 4.78 is 21.2. The minimum absolute atomic E-state index is 0.0167. The molecule has 132 valence electrons. The van der Waals surface area contributed by atoms with Gasteiger partial charge in [0.25, 0.3) is 0 Å². The second-order valence-electron chi connectivity index (χ2n) is 5.99. The highest BCUT2D eigenvalue weighted by Gasteiger charge is 2.28. The summed E-state index contributed by atoms with van der Waals surface area (Å²) in [6, 6.07) is 9.77. The van der Waals surface area contributed by atoms with Crippen LogP contribution in [0.25, 0.3) is 22.5 Å². The van der Waals surface area contributed by atoms with E-state index in [2.05, 4.69) is 20.9 Å². The third-order valence-corrected chi connectivity index (χ3v) is 5.13. The monoisotopic (exact) mass is 416 g/mol. The highest BCUT2D eigenvalue weighted by molar-refractivity contribution is 9.10. The molecule has 0 amide bonds. The molecular weight excluding hydrogens is 403 g/mol. The van der Waals surface area contributed by atoms with E-state index in [-0.39, 0.29) is 11.6 Å². The lowest BCUT2D eigenvalue weighted by atomic mass is 9.95. The van der Waals surface area contributed by atoms with Gasteiger partial charge in [0.1, 0.15) is 11.6 Å². The van der Waals surface area contributed by atoms with Crippen molar-refractivity contribution in [2.75, 3.05) is 7.11 Å². The molecule has 26 heavy (non-hydrogen) atoms. The molecule has 7 heteroatoms. The number of rotatable bonds is 3. The van der Waals surface area contributed by atoms with E-state index in [4.69, 9.17) is 4.74 Å². The molecule has 0 aliphatic carbocycles. The largest absolute Gasteiger partial charge is 0.496 e. The molecule has 1 aliphatic heterocycles. The predicted octanol–water partition coefficient (Wildman–Crippen LogP) is 4.38. The minimum atomic E-state index is -1.09. The van der Waals surface area contributed by atoms with E-state index < -0.39 is 5.97 Å². The molecule has 2 aromatic carbocycles. The zero-order valence-corrected chi connectivity index (χ0v) is 15.4. The molecule has 0 atom stereocenters. The lowest BCUT2D eigenvalue weighted by molar-refractivity contribution is 0.0678. The van der Waals surface area contributed by atoms with Crippen molar-refractivity contribution >= 4 is 21.9 Å². The van der Waals surface area contributed by atoms with E-state index in [0.717, 1.165) is 27.0 Å². The third kappa shape index (κ3) is 2.59. The quantitative estimate of drug-likeness (QED) is 0.687. The first-order chi connectivity index (χ1) is 12.5. The molecule has 0 spiro atoms. The third-order valence-electron chi connectivity index (χ3n) is 4.51. The van der Waals surface area contributed by atoms with Crippen LogP contribution in [0.1, 0.15) is 16.2 Å². The number of ether oxygens (including phenoxy) is 1. The average Bonchev–Trinajstić information content (AvgIpc) is 3.02.